The number of aromatic nitrogens is 2. The summed E-state index contributed by atoms with van der Waals surface area (Å²) in [6.45, 7) is -0.473. The molecule has 0 unspecified atom stereocenters. The average molecular weight is 463 g/mol. The van der Waals surface area contributed by atoms with Crippen molar-refractivity contribution in [3.8, 4) is 11.1 Å². The average Bonchev–Trinajstić information content (AvgIpc) is 3.06. The van der Waals surface area contributed by atoms with E-state index in [1.165, 1.54) is 17.6 Å². The summed E-state index contributed by atoms with van der Waals surface area (Å²) in [6, 6.07) is 3.32. The minimum Gasteiger partial charge on any atom is -0.297 e. The monoisotopic (exact) mass is 462 g/mol. The molecule has 1 aliphatic rings. The van der Waals surface area contributed by atoms with E-state index >= 15 is 0 Å². The maximum Gasteiger partial charge on any atom is 0.417 e. The summed E-state index contributed by atoms with van der Waals surface area (Å²) < 4.78 is 66.9. The zero-order chi connectivity index (χ0) is 21.8. The molecule has 158 valence electrons. The van der Waals surface area contributed by atoms with Crippen LogP contribution in [0.4, 0.5) is 22.0 Å². The Bertz CT molecular complexity index is 1210. The molecule has 11 heteroatoms. The van der Waals surface area contributed by atoms with Crippen molar-refractivity contribution >= 4 is 38.8 Å². The molecule has 30 heavy (non-hydrogen) atoms. The third kappa shape index (κ3) is 3.74. The SMILES string of the molecule is O=C(Cn1ncc2scc(-c3ccc(Cl)c(C(F)(F)F)c3)c2c1=O)C1CC(F)(F)C1. The summed E-state index contributed by atoms with van der Waals surface area (Å²) in [7, 11) is 0. The zero-order valence-electron chi connectivity index (χ0n) is 15.0. The van der Waals surface area contributed by atoms with Crippen molar-refractivity contribution in [1.82, 2.24) is 9.78 Å². The van der Waals surface area contributed by atoms with E-state index in [1.807, 2.05) is 0 Å². The summed E-state index contributed by atoms with van der Waals surface area (Å²) in [6.07, 6.45) is -4.46. The van der Waals surface area contributed by atoms with Crippen molar-refractivity contribution < 1.29 is 26.7 Å². The fourth-order valence-electron chi connectivity index (χ4n) is 3.39. The van der Waals surface area contributed by atoms with Gasteiger partial charge in [-0.1, -0.05) is 17.7 Å². The Morgan fingerprint density at radius 1 is 1.30 bits per heavy atom. The summed E-state index contributed by atoms with van der Waals surface area (Å²) in [5.74, 6) is -4.23. The highest BCUT2D eigenvalue weighted by Gasteiger charge is 2.48. The molecule has 0 spiro atoms. The Morgan fingerprint density at radius 3 is 2.63 bits per heavy atom. The Morgan fingerprint density at radius 2 is 2.00 bits per heavy atom. The van der Waals surface area contributed by atoms with Gasteiger partial charge in [0, 0.05) is 29.7 Å². The first-order chi connectivity index (χ1) is 14.0. The lowest BCUT2D eigenvalue weighted by Gasteiger charge is -2.33. The van der Waals surface area contributed by atoms with Crippen LogP contribution in [-0.4, -0.2) is 21.5 Å². The van der Waals surface area contributed by atoms with Crippen LogP contribution in [0.25, 0.3) is 21.2 Å². The predicted octanol–water partition coefficient (Wildman–Crippen LogP) is 5.41. The Hall–Kier alpha value is -2.33. The predicted molar refractivity (Wildman–Crippen MR) is 102 cm³/mol. The molecule has 1 aliphatic carbocycles. The number of alkyl halides is 5. The van der Waals surface area contributed by atoms with E-state index in [9.17, 15) is 31.5 Å². The van der Waals surface area contributed by atoms with Crippen LogP contribution in [0.5, 0.6) is 0 Å². The van der Waals surface area contributed by atoms with Crippen LogP contribution >= 0.6 is 22.9 Å². The van der Waals surface area contributed by atoms with Crippen LogP contribution in [0.1, 0.15) is 18.4 Å². The standard InChI is InChI=1S/C19H12ClF5N2O2S/c20-13-2-1-9(3-12(13)19(23,24)25)11-8-30-15-6-26-27(17(29)16(11)15)7-14(28)10-4-18(21,22)5-10/h1-3,6,8,10H,4-5,7H2. The maximum atomic E-state index is 13.2. The molecule has 0 bridgehead atoms. The lowest BCUT2D eigenvalue weighted by atomic mass is 9.78. The molecule has 4 rings (SSSR count). The third-order valence-electron chi connectivity index (χ3n) is 5.02. The summed E-state index contributed by atoms with van der Waals surface area (Å²) in [5, 5.41) is 5.07. The first kappa shape index (κ1) is 20.9. The first-order valence-corrected chi connectivity index (χ1v) is 9.97. The number of hydrogen-bond acceptors (Lipinski definition) is 4. The molecule has 1 aromatic carbocycles. The van der Waals surface area contributed by atoms with Crippen molar-refractivity contribution in [1.29, 1.82) is 0 Å². The molecule has 1 saturated carbocycles. The van der Waals surface area contributed by atoms with Crippen LogP contribution in [0.3, 0.4) is 0 Å². The second-order valence-corrected chi connectivity index (χ2v) is 8.43. The van der Waals surface area contributed by atoms with Gasteiger partial charge in [-0.25, -0.2) is 13.5 Å². The Kier molecular flexibility index (Phi) is 4.97. The lowest BCUT2D eigenvalue weighted by molar-refractivity contribution is -0.148. The van der Waals surface area contributed by atoms with Gasteiger partial charge in [0.15, 0.2) is 5.78 Å². The number of Topliss-reactive ketones (excluding diaryl/α,β-unsaturated/α-hetero) is 1. The van der Waals surface area contributed by atoms with E-state index in [0.717, 1.165) is 28.2 Å². The molecule has 0 saturated heterocycles. The zero-order valence-corrected chi connectivity index (χ0v) is 16.5. The Labute approximate surface area is 174 Å². The van der Waals surface area contributed by atoms with Gasteiger partial charge in [0.1, 0.15) is 6.54 Å². The van der Waals surface area contributed by atoms with Crippen LogP contribution in [0, 0.1) is 5.92 Å². The molecule has 0 aliphatic heterocycles. The van der Waals surface area contributed by atoms with Gasteiger partial charge in [-0.3, -0.25) is 9.59 Å². The van der Waals surface area contributed by atoms with Crippen molar-refractivity contribution in [2.24, 2.45) is 5.92 Å². The van der Waals surface area contributed by atoms with E-state index in [2.05, 4.69) is 5.10 Å². The van der Waals surface area contributed by atoms with Crippen molar-refractivity contribution in [3.05, 3.63) is 50.7 Å². The van der Waals surface area contributed by atoms with E-state index in [1.54, 1.807) is 0 Å². The van der Waals surface area contributed by atoms with Gasteiger partial charge in [0.25, 0.3) is 5.56 Å². The summed E-state index contributed by atoms with van der Waals surface area (Å²) >= 11 is 6.77. The molecule has 0 N–H and O–H groups in total. The quantitative estimate of drug-likeness (QED) is 0.487. The van der Waals surface area contributed by atoms with Gasteiger partial charge >= 0.3 is 6.18 Å². The van der Waals surface area contributed by atoms with Gasteiger partial charge in [-0.2, -0.15) is 18.3 Å². The van der Waals surface area contributed by atoms with Crippen LogP contribution in [0.2, 0.25) is 5.02 Å². The van der Waals surface area contributed by atoms with Gasteiger partial charge in [-0.05, 0) is 17.7 Å². The molecule has 4 nitrogen and oxygen atoms in total. The van der Waals surface area contributed by atoms with Crippen LogP contribution in [-0.2, 0) is 17.5 Å². The largest absolute Gasteiger partial charge is 0.417 e. The Balaban J connectivity index is 1.73. The normalized spacial score (nSPS) is 16.6. The first-order valence-electron chi connectivity index (χ1n) is 8.71. The summed E-state index contributed by atoms with van der Waals surface area (Å²) in [4.78, 5) is 25.1. The number of rotatable bonds is 4. The molecule has 0 amide bonds. The molecule has 3 aromatic rings. The number of fused-ring (bicyclic) bond motifs is 1. The highest BCUT2D eigenvalue weighted by molar-refractivity contribution is 7.17. The molecular weight excluding hydrogens is 451 g/mol. The number of benzene rings is 1. The number of halogens is 6. The van der Waals surface area contributed by atoms with E-state index in [-0.39, 0.29) is 16.5 Å². The fraction of sp³-hybridized carbons (Fsp3) is 0.316. The van der Waals surface area contributed by atoms with Crippen LogP contribution in [0.15, 0.2) is 34.6 Å². The number of ketones is 1. The molecular formula is C19H12ClF5N2O2S. The van der Waals surface area contributed by atoms with E-state index in [0.29, 0.717) is 4.70 Å². The van der Waals surface area contributed by atoms with Crippen LogP contribution < -0.4 is 5.56 Å². The van der Waals surface area contributed by atoms with Gasteiger partial charge < -0.3 is 0 Å². The minimum atomic E-state index is -4.67. The van der Waals surface area contributed by atoms with Gasteiger partial charge in [0.2, 0.25) is 5.92 Å². The summed E-state index contributed by atoms with van der Waals surface area (Å²) in [5.41, 5.74) is -1.32. The third-order valence-corrected chi connectivity index (χ3v) is 6.26. The van der Waals surface area contributed by atoms with E-state index in [4.69, 9.17) is 11.6 Å². The van der Waals surface area contributed by atoms with Crippen molar-refractivity contribution in [3.63, 3.8) is 0 Å². The topological polar surface area (TPSA) is 52.0 Å². The number of carbonyl (C=O) groups excluding carboxylic acids is 1. The number of hydrogen-bond donors (Lipinski definition) is 0. The minimum absolute atomic E-state index is 0.109. The van der Waals surface area contributed by atoms with E-state index < -0.39 is 59.3 Å². The highest BCUT2D eigenvalue weighted by atomic mass is 35.5. The number of nitrogens with zero attached hydrogens (tertiary/aromatic N) is 2. The number of thiophene rings is 1. The molecule has 0 radical (unpaired) electrons. The molecule has 2 heterocycles. The maximum absolute atomic E-state index is 13.2. The van der Waals surface area contributed by atoms with Gasteiger partial charge in [0.05, 0.1) is 26.9 Å². The second kappa shape index (κ2) is 7.12. The molecule has 0 atom stereocenters. The number of carbonyl (C=O) groups is 1. The molecule has 2 aromatic heterocycles. The highest BCUT2D eigenvalue weighted by Crippen LogP contribution is 2.43. The second-order valence-electron chi connectivity index (χ2n) is 7.12. The van der Waals surface area contributed by atoms with Crippen molar-refractivity contribution in [2.45, 2.75) is 31.5 Å². The van der Waals surface area contributed by atoms with Crippen molar-refractivity contribution in [2.75, 3.05) is 0 Å². The fourth-order valence-corrected chi connectivity index (χ4v) is 4.54. The molecule has 1 fully saturated rings. The smallest absolute Gasteiger partial charge is 0.297 e. The lowest BCUT2D eigenvalue weighted by Crippen LogP contribution is -2.42. The van der Waals surface area contributed by atoms with Gasteiger partial charge in [-0.15, -0.1) is 11.3 Å².